The van der Waals surface area contributed by atoms with Gasteiger partial charge in [0.2, 0.25) is 0 Å². The van der Waals surface area contributed by atoms with Gasteiger partial charge in [0.05, 0.1) is 5.02 Å². The highest BCUT2D eigenvalue weighted by Crippen LogP contribution is 2.32. The Bertz CT molecular complexity index is 868. The number of aryl methyl sites for hydroxylation is 1. The smallest absolute Gasteiger partial charge is 0.197 e. The lowest BCUT2D eigenvalue weighted by molar-refractivity contribution is 0.104. The third-order valence-corrected chi connectivity index (χ3v) is 3.91. The standard InChI is InChI=1S/C16H12Cl2N2O/c1-8-2-3-13(19)10(4-8)16(21)11-7-20-14-6-9(17)5-12(18)15(11)14/h2-7,20H,19H2,1H3. The van der Waals surface area contributed by atoms with Crippen LogP contribution in [0.4, 0.5) is 5.69 Å². The number of hydrogen-bond acceptors (Lipinski definition) is 2. The number of nitrogens with one attached hydrogen (secondary N) is 1. The molecule has 3 rings (SSSR count). The van der Waals surface area contributed by atoms with Gasteiger partial charge in [0.1, 0.15) is 0 Å². The van der Waals surface area contributed by atoms with Gasteiger partial charge in [-0.25, -0.2) is 0 Å². The summed E-state index contributed by atoms with van der Waals surface area (Å²) in [5.74, 6) is -0.160. The number of aromatic nitrogens is 1. The van der Waals surface area contributed by atoms with Gasteiger partial charge in [0.15, 0.2) is 5.78 Å². The van der Waals surface area contributed by atoms with Crippen LogP contribution in [0, 0.1) is 6.92 Å². The summed E-state index contributed by atoms with van der Waals surface area (Å²) >= 11 is 12.2. The Labute approximate surface area is 131 Å². The molecule has 3 nitrogen and oxygen atoms in total. The van der Waals surface area contributed by atoms with E-state index in [1.165, 1.54) is 0 Å². The monoisotopic (exact) mass is 318 g/mol. The molecule has 0 amide bonds. The minimum absolute atomic E-state index is 0.160. The maximum atomic E-state index is 12.7. The first-order valence-electron chi connectivity index (χ1n) is 6.34. The molecule has 0 aliphatic carbocycles. The average Bonchev–Trinajstić information content (AvgIpc) is 2.84. The van der Waals surface area contributed by atoms with Gasteiger partial charge >= 0.3 is 0 Å². The van der Waals surface area contributed by atoms with Gasteiger partial charge in [0, 0.05) is 38.9 Å². The van der Waals surface area contributed by atoms with E-state index in [1.807, 2.05) is 13.0 Å². The van der Waals surface area contributed by atoms with Crippen molar-refractivity contribution in [1.29, 1.82) is 0 Å². The summed E-state index contributed by atoms with van der Waals surface area (Å²) in [6.45, 7) is 1.91. The van der Waals surface area contributed by atoms with Crippen LogP contribution in [0.1, 0.15) is 21.5 Å². The molecule has 1 aromatic heterocycles. The molecule has 5 heteroatoms. The Morgan fingerprint density at radius 1 is 1.14 bits per heavy atom. The fourth-order valence-electron chi connectivity index (χ4n) is 2.37. The van der Waals surface area contributed by atoms with Crippen LogP contribution in [-0.2, 0) is 0 Å². The number of carbonyl (C=O) groups excluding carboxylic acids is 1. The Morgan fingerprint density at radius 2 is 1.90 bits per heavy atom. The molecule has 3 N–H and O–H groups in total. The quantitative estimate of drug-likeness (QED) is 0.536. The number of anilines is 1. The highest BCUT2D eigenvalue weighted by molar-refractivity contribution is 6.40. The van der Waals surface area contributed by atoms with Crippen molar-refractivity contribution in [3.8, 4) is 0 Å². The second kappa shape index (κ2) is 5.10. The molecule has 0 radical (unpaired) electrons. The van der Waals surface area contributed by atoms with E-state index >= 15 is 0 Å². The molecule has 3 aromatic rings. The molecule has 0 saturated heterocycles. The molecule has 106 valence electrons. The van der Waals surface area contributed by atoms with Crippen molar-refractivity contribution in [2.45, 2.75) is 6.92 Å². The SMILES string of the molecule is Cc1ccc(N)c(C(=O)c2c[nH]c3cc(Cl)cc(Cl)c23)c1. The maximum absolute atomic E-state index is 12.7. The van der Waals surface area contributed by atoms with E-state index in [9.17, 15) is 4.79 Å². The largest absolute Gasteiger partial charge is 0.398 e. The topological polar surface area (TPSA) is 58.9 Å². The van der Waals surface area contributed by atoms with Crippen molar-refractivity contribution in [2.75, 3.05) is 5.73 Å². The Balaban J connectivity index is 2.21. The number of nitrogens with two attached hydrogens (primary N) is 1. The lowest BCUT2D eigenvalue weighted by atomic mass is 9.99. The molecule has 0 aliphatic heterocycles. The van der Waals surface area contributed by atoms with Crippen molar-refractivity contribution in [3.63, 3.8) is 0 Å². The molecule has 0 unspecified atom stereocenters. The minimum atomic E-state index is -0.160. The number of nitrogen functional groups attached to an aromatic ring is 1. The van der Waals surface area contributed by atoms with Crippen LogP contribution in [-0.4, -0.2) is 10.8 Å². The first kappa shape index (κ1) is 14.0. The summed E-state index contributed by atoms with van der Waals surface area (Å²) in [5, 5.41) is 1.61. The van der Waals surface area contributed by atoms with Crippen molar-refractivity contribution < 1.29 is 4.79 Å². The first-order valence-corrected chi connectivity index (χ1v) is 7.10. The van der Waals surface area contributed by atoms with E-state index in [-0.39, 0.29) is 5.78 Å². The number of carbonyl (C=O) groups is 1. The predicted octanol–water partition coefficient (Wildman–Crippen LogP) is 4.60. The molecule has 0 spiro atoms. The molecular weight excluding hydrogens is 307 g/mol. The molecular formula is C16H12Cl2N2O. The van der Waals surface area contributed by atoms with Crippen molar-refractivity contribution in [1.82, 2.24) is 4.98 Å². The third kappa shape index (κ3) is 2.39. The average molecular weight is 319 g/mol. The predicted molar refractivity (Wildman–Crippen MR) is 87.3 cm³/mol. The normalized spacial score (nSPS) is 11.0. The number of halogens is 2. The molecule has 0 atom stereocenters. The number of hydrogen-bond donors (Lipinski definition) is 2. The van der Waals surface area contributed by atoms with Gasteiger partial charge < -0.3 is 10.7 Å². The summed E-state index contributed by atoms with van der Waals surface area (Å²) in [7, 11) is 0. The van der Waals surface area contributed by atoms with E-state index in [1.54, 1.807) is 30.5 Å². The number of ketones is 1. The Morgan fingerprint density at radius 3 is 2.67 bits per heavy atom. The van der Waals surface area contributed by atoms with Gasteiger partial charge in [-0.1, -0.05) is 34.8 Å². The molecule has 1 heterocycles. The van der Waals surface area contributed by atoms with Gasteiger partial charge in [0.25, 0.3) is 0 Å². The van der Waals surface area contributed by atoms with Crippen molar-refractivity contribution >= 4 is 45.6 Å². The summed E-state index contributed by atoms with van der Waals surface area (Å²) in [6.07, 6.45) is 1.64. The van der Waals surface area contributed by atoms with Crippen LogP contribution in [0.2, 0.25) is 10.0 Å². The molecule has 0 fully saturated rings. The maximum Gasteiger partial charge on any atom is 0.197 e. The lowest BCUT2D eigenvalue weighted by Crippen LogP contribution is -2.05. The van der Waals surface area contributed by atoms with Gasteiger partial charge in [-0.3, -0.25) is 4.79 Å². The van der Waals surface area contributed by atoms with Crippen LogP contribution in [0.3, 0.4) is 0 Å². The fourth-order valence-corrected chi connectivity index (χ4v) is 2.97. The van der Waals surface area contributed by atoms with E-state index < -0.39 is 0 Å². The van der Waals surface area contributed by atoms with Gasteiger partial charge in [-0.15, -0.1) is 0 Å². The van der Waals surface area contributed by atoms with Crippen LogP contribution in [0.25, 0.3) is 10.9 Å². The molecule has 0 bridgehead atoms. The van der Waals surface area contributed by atoms with Crippen LogP contribution in [0.15, 0.2) is 36.5 Å². The van der Waals surface area contributed by atoms with Crippen LogP contribution in [0.5, 0.6) is 0 Å². The number of aromatic amines is 1. The third-order valence-electron chi connectivity index (χ3n) is 3.39. The number of rotatable bonds is 2. The van der Waals surface area contributed by atoms with Crippen molar-refractivity contribution in [2.24, 2.45) is 0 Å². The number of fused-ring (bicyclic) bond motifs is 1. The zero-order valence-electron chi connectivity index (χ0n) is 11.2. The van der Waals surface area contributed by atoms with Crippen molar-refractivity contribution in [3.05, 3.63) is 63.3 Å². The van der Waals surface area contributed by atoms with Gasteiger partial charge in [-0.2, -0.15) is 0 Å². The van der Waals surface area contributed by atoms with E-state index in [2.05, 4.69) is 4.98 Å². The molecule has 0 aliphatic rings. The number of benzene rings is 2. The highest BCUT2D eigenvalue weighted by Gasteiger charge is 2.19. The number of H-pyrrole nitrogens is 1. The molecule has 2 aromatic carbocycles. The minimum Gasteiger partial charge on any atom is -0.398 e. The van der Waals surface area contributed by atoms with E-state index in [0.717, 1.165) is 11.1 Å². The van der Waals surface area contributed by atoms with Crippen LogP contribution < -0.4 is 5.73 Å². The second-order valence-corrected chi connectivity index (χ2v) is 5.78. The summed E-state index contributed by atoms with van der Waals surface area (Å²) in [5.41, 5.74) is 9.03. The first-order chi connectivity index (χ1) is 9.97. The molecule has 0 saturated carbocycles. The van der Waals surface area contributed by atoms with E-state index in [4.69, 9.17) is 28.9 Å². The summed E-state index contributed by atoms with van der Waals surface area (Å²) in [4.78, 5) is 15.8. The van der Waals surface area contributed by atoms with Crippen LogP contribution >= 0.6 is 23.2 Å². The zero-order valence-corrected chi connectivity index (χ0v) is 12.7. The summed E-state index contributed by atoms with van der Waals surface area (Å²) in [6, 6.07) is 8.74. The summed E-state index contributed by atoms with van der Waals surface area (Å²) < 4.78 is 0. The fraction of sp³-hybridized carbons (Fsp3) is 0.0625. The zero-order chi connectivity index (χ0) is 15.1. The molecule has 21 heavy (non-hydrogen) atoms. The van der Waals surface area contributed by atoms with E-state index in [0.29, 0.717) is 32.2 Å². The Kier molecular flexibility index (Phi) is 3.40. The Hall–Kier alpha value is -1.97. The van der Waals surface area contributed by atoms with Gasteiger partial charge in [-0.05, 0) is 31.2 Å². The highest BCUT2D eigenvalue weighted by atomic mass is 35.5. The lowest BCUT2D eigenvalue weighted by Gasteiger charge is -2.06. The second-order valence-electron chi connectivity index (χ2n) is 4.93.